The summed E-state index contributed by atoms with van der Waals surface area (Å²) >= 11 is 1.50. The van der Waals surface area contributed by atoms with Crippen LogP contribution in [0.5, 0.6) is 0 Å². The lowest BCUT2D eigenvalue weighted by molar-refractivity contribution is -0.0188. The molecular formula is C19H25N3O4S2. The Balaban J connectivity index is 1.24. The van der Waals surface area contributed by atoms with Crippen LogP contribution in [-0.2, 0) is 27.5 Å². The summed E-state index contributed by atoms with van der Waals surface area (Å²) in [4.78, 5) is 2.41. The van der Waals surface area contributed by atoms with Gasteiger partial charge >= 0.3 is 0 Å². The molecule has 4 rings (SSSR count). The van der Waals surface area contributed by atoms with Gasteiger partial charge in [-0.3, -0.25) is 4.90 Å². The number of hydrogen-bond acceptors (Lipinski definition) is 8. The van der Waals surface area contributed by atoms with Crippen LogP contribution in [0, 0.1) is 5.92 Å². The Labute approximate surface area is 169 Å². The molecular weight excluding hydrogens is 398 g/mol. The highest BCUT2D eigenvalue weighted by Gasteiger charge is 2.29. The SMILES string of the molecule is O=S1(=O)CC[C@H](Cc2nnc(SC[C@@H]3CN(Cc4ccccc4)CCO3)o2)C1. The number of morpholine rings is 1. The molecule has 152 valence electrons. The first-order chi connectivity index (χ1) is 13.6. The number of rotatable bonds is 7. The van der Waals surface area contributed by atoms with Gasteiger partial charge in [-0.05, 0) is 17.9 Å². The minimum Gasteiger partial charge on any atom is -0.416 e. The van der Waals surface area contributed by atoms with Gasteiger partial charge in [0.25, 0.3) is 5.22 Å². The lowest BCUT2D eigenvalue weighted by atomic mass is 10.1. The Hall–Kier alpha value is -1.42. The minimum absolute atomic E-state index is 0.0940. The highest BCUT2D eigenvalue weighted by atomic mass is 32.2. The molecule has 2 aliphatic rings. The third-order valence-corrected chi connectivity index (χ3v) is 7.89. The van der Waals surface area contributed by atoms with Crippen LogP contribution < -0.4 is 0 Å². The molecule has 2 fully saturated rings. The maximum Gasteiger partial charge on any atom is 0.276 e. The standard InChI is InChI=1S/C19H25N3O4S2/c23-28(24)9-6-16(14-28)10-18-20-21-19(26-18)27-13-17-12-22(7-8-25-17)11-15-4-2-1-3-5-15/h1-5,16-17H,6-14H2/t16-,17+/m1/s1. The molecule has 0 saturated carbocycles. The second kappa shape index (κ2) is 8.94. The van der Waals surface area contributed by atoms with Crippen LogP contribution in [0.25, 0.3) is 0 Å². The van der Waals surface area contributed by atoms with E-state index in [9.17, 15) is 8.42 Å². The fraction of sp³-hybridized carbons (Fsp3) is 0.579. The third kappa shape index (κ3) is 5.56. The van der Waals surface area contributed by atoms with Crippen molar-refractivity contribution in [1.82, 2.24) is 15.1 Å². The van der Waals surface area contributed by atoms with Gasteiger partial charge in [-0.25, -0.2) is 8.42 Å². The van der Waals surface area contributed by atoms with Crippen molar-refractivity contribution in [2.75, 3.05) is 37.0 Å². The van der Waals surface area contributed by atoms with Gasteiger partial charge in [-0.1, -0.05) is 42.1 Å². The summed E-state index contributed by atoms with van der Waals surface area (Å²) in [5.41, 5.74) is 1.31. The summed E-state index contributed by atoms with van der Waals surface area (Å²) in [7, 11) is -2.88. The number of nitrogens with zero attached hydrogens (tertiary/aromatic N) is 3. The zero-order valence-electron chi connectivity index (χ0n) is 15.7. The molecule has 2 atom stereocenters. The van der Waals surface area contributed by atoms with E-state index in [0.29, 0.717) is 24.0 Å². The summed E-state index contributed by atoms with van der Waals surface area (Å²) in [6.45, 7) is 3.47. The van der Waals surface area contributed by atoms with Crippen molar-refractivity contribution in [3.63, 3.8) is 0 Å². The average Bonchev–Trinajstić information content (AvgIpc) is 3.27. The topological polar surface area (TPSA) is 85.5 Å². The first kappa shape index (κ1) is 19.9. The second-order valence-electron chi connectivity index (χ2n) is 7.46. The quantitative estimate of drug-likeness (QED) is 0.626. The molecule has 0 amide bonds. The molecule has 3 heterocycles. The zero-order valence-corrected chi connectivity index (χ0v) is 17.3. The van der Waals surface area contributed by atoms with Gasteiger partial charge in [0, 0.05) is 31.8 Å². The van der Waals surface area contributed by atoms with Crippen LogP contribution in [0.15, 0.2) is 40.0 Å². The lowest BCUT2D eigenvalue weighted by Gasteiger charge is -2.32. The first-order valence-electron chi connectivity index (χ1n) is 9.59. The fourth-order valence-electron chi connectivity index (χ4n) is 3.69. The van der Waals surface area contributed by atoms with Gasteiger partial charge < -0.3 is 9.15 Å². The maximum atomic E-state index is 11.6. The van der Waals surface area contributed by atoms with Crippen LogP contribution in [0.1, 0.15) is 17.9 Å². The second-order valence-corrected chi connectivity index (χ2v) is 10.7. The number of benzene rings is 1. The molecule has 2 aliphatic heterocycles. The van der Waals surface area contributed by atoms with E-state index in [-0.39, 0.29) is 23.5 Å². The third-order valence-electron chi connectivity index (χ3n) is 5.10. The Morgan fingerprint density at radius 3 is 2.86 bits per heavy atom. The molecule has 0 spiro atoms. The fourth-order valence-corrected chi connectivity index (χ4v) is 6.34. The number of sulfone groups is 1. The van der Waals surface area contributed by atoms with Gasteiger partial charge in [0.1, 0.15) is 0 Å². The van der Waals surface area contributed by atoms with E-state index in [2.05, 4.69) is 39.4 Å². The van der Waals surface area contributed by atoms with Crippen LogP contribution in [0.3, 0.4) is 0 Å². The van der Waals surface area contributed by atoms with Gasteiger partial charge in [-0.2, -0.15) is 0 Å². The summed E-state index contributed by atoms with van der Waals surface area (Å²) in [5.74, 6) is 1.87. The van der Waals surface area contributed by atoms with E-state index < -0.39 is 9.84 Å². The first-order valence-corrected chi connectivity index (χ1v) is 12.4. The van der Waals surface area contributed by atoms with Crippen molar-refractivity contribution in [3.05, 3.63) is 41.8 Å². The Kier molecular flexibility index (Phi) is 6.35. The molecule has 7 nitrogen and oxygen atoms in total. The highest BCUT2D eigenvalue weighted by molar-refractivity contribution is 7.99. The summed E-state index contributed by atoms with van der Waals surface area (Å²) in [6.07, 6.45) is 1.34. The smallest absolute Gasteiger partial charge is 0.276 e. The molecule has 0 bridgehead atoms. The average molecular weight is 424 g/mol. The van der Waals surface area contributed by atoms with Crippen molar-refractivity contribution in [2.24, 2.45) is 5.92 Å². The largest absolute Gasteiger partial charge is 0.416 e. The Bertz CT molecular complexity index is 872. The molecule has 0 N–H and O–H groups in total. The van der Waals surface area contributed by atoms with Gasteiger partial charge in [0.15, 0.2) is 9.84 Å². The van der Waals surface area contributed by atoms with E-state index in [1.807, 2.05) is 6.07 Å². The molecule has 0 unspecified atom stereocenters. The van der Waals surface area contributed by atoms with Crippen molar-refractivity contribution < 1.29 is 17.6 Å². The molecule has 2 saturated heterocycles. The van der Waals surface area contributed by atoms with E-state index in [1.165, 1.54) is 17.3 Å². The maximum absolute atomic E-state index is 11.6. The van der Waals surface area contributed by atoms with E-state index in [0.717, 1.165) is 32.0 Å². The number of aromatic nitrogens is 2. The zero-order chi connectivity index (χ0) is 19.4. The van der Waals surface area contributed by atoms with Gasteiger partial charge in [0.2, 0.25) is 5.89 Å². The Morgan fingerprint density at radius 1 is 1.21 bits per heavy atom. The van der Waals surface area contributed by atoms with Crippen molar-refractivity contribution >= 4 is 21.6 Å². The van der Waals surface area contributed by atoms with Crippen LogP contribution in [-0.4, -0.2) is 66.6 Å². The van der Waals surface area contributed by atoms with Crippen LogP contribution >= 0.6 is 11.8 Å². The lowest BCUT2D eigenvalue weighted by Crippen LogP contribution is -2.43. The molecule has 0 aliphatic carbocycles. The summed E-state index contributed by atoms with van der Waals surface area (Å²) < 4.78 is 34.7. The van der Waals surface area contributed by atoms with Crippen LogP contribution in [0.2, 0.25) is 0 Å². The van der Waals surface area contributed by atoms with Crippen molar-refractivity contribution in [3.8, 4) is 0 Å². The molecule has 0 radical (unpaired) electrons. The minimum atomic E-state index is -2.88. The molecule has 9 heteroatoms. The monoisotopic (exact) mass is 423 g/mol. The van der Waals surface area contributed by atoms with Gasteiger partial charge in [0.05, 0.1) is 24.2 Å². The van der Waals surface area contributed by atoms with E-state index in [1.54, 1.807) is 0 Å². The summed E-state index contributed by atoms with van der Waals surface area (Å²) in [5, 5.41) is 8.70. The number of hydrogen-bond donors (Lipinski definition) is 0. The molecule has 2 aromatic rings. The summed E-state index contributed by atoms with van der Waals surface area (Å²) in [6, 6.07) is 10.5. The van der Waals surface area contributed by atoms with Crippen LogP contribution in [0.4, 0.5) is 0 Å². The molecule has 1 aromatic heterocycles. The van der Waals surface area contributed by atoms with E-state index >= 15 is 0 Å². The van der Waals surface area contributed by atoms with E-state index in [4.69, 9.17) is 9.15 Å². The predicted octanol–water partition coefficient (Wildman–Crippen LogP) is 2.04. The van der Waals surface area contributed by atoms with Crippen molar-refractivity contribution in [2.45, 2.75) is 30.7 Å². The Morgan fingerprint density at radius 2 is 2.07 bits per heavy atom. The predicted molar refractivity (Wildman–Crippen MR) is 107 cm³/mol. The van der Waals surface area contributed by atoms with Crippen molar-refractivity contribution in [1.29, 1.82) is 0 Å². The van der Waals surface area contributed by atoms with Gasteiger partial charge in [-0.15, -0.1) is 10.2 Å². The normalized spacial score (nSPS) is 25.1. The molecule has 28 heavy (non-hydrogen) atoms. The highest BCUT2D eigenvalue weighted by Crippen LogP contribution is 2.25. The number of thioether (sulfide) groups is 1. The number of ether oxygens (including phenoxy) is 1. The molecule has 1 aromatic carbocycles.